The number of halogens is 4. The van der Waals surface area contributed by atoms with Crippen molar-refractivity contribution in [3.63, 3.8) is 0 Å². The van der Waals surface area contributed by atoms with Gasteiger partial charge in [0.2, 0.25) is 0 Å². The van der Waals surface area contributed by atoms with Gasteiger partial charge in [-0.25, -0.2) is 4.39 Å². The molecule has 2 rings (SSSR count). The molecule has 1 aliphatic rings. The van der Waals surface area contributed by atoms with Gasteiger partial charge < -0.3 is 5.32 Å². The highest BCUT2D eigenvalue weighted by atomic mass is 19.4. The summed E-state index contributed by atoms with van der Waals surface area (Å²) in [7, 11) is 0. The average molecular weight is 233 g/mol. The number of benzene rings is 1. The van der Waals surface area contributed by atoms with Crippen LogP contribution in [0.15, 0.2) is 18.2 Å². The first-order chi connectivity index (χ1) is 7.30. The largest absolute Gasteiger partial charge is 0.416 e. The topological polar surface area (TPSA) is 12.0 Å². The molecule has 0 unspecified atom stereocenters. The molecule has 0 bridgehead atoms. The van der Waals surface area contributed by atoms with Gasteiger partial charge in [0.05, 0.1) is 11.3 Å². The Hall–Kier alpha value is -1.26. The van der Waals surface area contributed by atoms with Crippen molar-refractivity contribution in [2.45, 2.75) is 31.5 Å². The van der Waals surface area contributed by atoms with Crippen LogP contribution in [0.25, 0.3) is 0 Å². The molecule has 0 radical (unpaired) electrons. The lowest BCUT2D eigenvalue weighted by Gasteiger charge is -2.15. The minimum absolute atomic E-state index is 0.132. The van der Waals surface area contributed by atoms with Gasteiger partial charge in [-0.05, 0) is 38.0 Å². The maximum atomic E-state index is 13.4. The zero-order valence-electron chi connectivity index (χ0n) is 8.66. The van der Waals surface area contributed by atoms with Gasteiger partial charge >= 0.3 is 6.18 Å². The Bertz CT molecular complexity index is 407. The van der Waals surface area contributed by atoms with Crippen molar-refractivity contribution in [2.24, 2.45) is 0 Å². The van der Waals surface area contributed by atoms with Gasteiger partial charge in [-0.1, -0.05) is 0 Å². The summed E-state index contributed by atoms with van der Waals surface area (Å²) in [5.41, 5.74) is -0.981. The highest BCUT2D eigenvalue weighted by molar-refractivity contribution is 5.50. The van der Waals surface area contributed by atoms with Gasteiger partial charge in [0.1, 0.15) is 5.82 Å². The number of nitrogens with one attached hydrogen (secondary N) is 1. The molecular weight excluding hydrogens is 222 g/mol. The molecule has 0 aromatic heterocycles. The molecule has 1 nitrogen and oxygen atoms in total. The molecule has 1 saturated carbocycles. The van der Waals surface area contributed by atoms with Gasteiger partial charge in [-0.15, -0.1) is 0 Å². The van der Waals surface area contributed by atoms with Crippen LogP contribution in [0.3, 0.4) is 0 Å². The van der Waals surface area contributed by atoms with Crippen LogP contribution in [0.4, 0.5) is 23.2 Å². The molecule has 0 heterocycles. The first kappa shape index (κ1) is 11.2. The van der Waals surface area contributed by atoms with Crippen molar-refractivity contribution in [1.82, 2.24) is 0 Å². The van der Waals surface area contributed by atoms with Gasteiger partial charge in [0.25, 0.3) is 0 Å². The Balaban J connectivity index is 2.23. The quantitative estimate of drug-likeness (QED) is 0.766. The number of rotatable bonds is 2. The van der Waals surface area contributed by atoms with E-state index >= 15 is 0 Å². The van der Waals surface area contributed by atoms with E-state index < -0.39 is 17.6 Å². The third-order valence-electron chi connectivity index (χ3n) is 2.73. The molecule has 0 aliphatic heterocycles. The number of hydrogen-bond donors (Lipinski definition) is 1. The fourth-order valence-corrected chi connectivity index (χ4v) is 1.43. The van der Waals surface area contributed by atoms with E-state index in [1.165, 1.54) is 0 Å². The molecule has 1 aromatic carbocycles. The third-order valence-corrected chi connectivity index (χ3v) is 2.73. The standard InChI is InChI=1S/C11H11F4N/c1-10(4-5-10)16-9-3-2-7(6-8(9)12)11(13,14)15/h2-3,6,16H,4-5H2,1H3. The van der Waals surface area contributed by atoms with Crippen molar-refractivity contribution in [3.05, 3.63) is 29.6 Å². The van der Waals surface area contributed by atoms with E-state index in [2.05, 4.69) is 5.32 Å². The van der Waals surface area contributed by atoms with Crippen LogP contribution in [-0.4, -0.2) is 5.54 Å². The second kappa shape index (κ2) is 3.37. The van der Waals surface area contributed by atoms with Crippen molar-refractivity contribution in [2.75, 3.05) is 5.32 Å². The van der Waals surface area contributed by atoms with Crippen LogP contribution in [0.2, 0.25) is 0 Å². The molecule has 1 aliphatic carbocycles. The molecule has 1 aromatic rings. The highest BCUT2D eigenvalue weighted by Gasteiger charge is 2.38. The van der Waals surface area contributed by atoms with Crippen LogP contribution >= 0.6 is 0 Å². The summed E-state index contributed by atoms with van der Waals surface area (Å²) < 4.78 is 50.2. The zero-order valence-corrected chi connectivity index (χ0v) is 8.66. The van der Waals surface area contributed by atoms with Crippen LogP contribution < -0.4 is 5.32 Å². The minimum Gasteiger partial charge on any atom is -0.378 e. The Kier molecular flexibility index (Phi) is 2.36. The zero-order chi connectivity index (χ0) is 12.0. The summed E-state index contributed by atoms with van der Waals surface area (Å²) in [6.07, 6.45) is -2.68. The minimum atomic E-state index is -4.50. The summed E-state index contributed by atoms with van der Waals surface area (Å²) in [6, 6.07) is 2.55. The molecule has 0 atom stereocenters. The van der Waals surface area contributed by atoms with Crippen LogP contribution in [0.1, 0.15) is 25.3 Å². The van der Waals surface area contributed by atoms with Crippen LogP contribution in [0, 0.1) is 5.82 Å². The lowest BCUT2D eigenvalue weighted by molar-refractivity contribution is -0.137. The molecule has 1 N–H and O–H groups in total. The fourth-order valence-electron chi connectivity index (χ4n) is 1.43. The number of anilines is 1. The Morgan fingerprint density at radius 1 is 1.25 bits per heavy atom. The third kappa shape index (κ3) is 2.28. The maximum absolute atomic E-state index is 13.4. The van der Waals surface area contributed by atoms with Crippen molar-refractivity contribution in [1.29, 1.82) is 0 Å². The van der Waals surface area contributed by atoms with Crippen molar-refractivity contribution in [3.8, 4) is 0 Å². The van der Waals surface area contributed by atoms with E-state index in [9.17, 15) is 17.6 Å². The summed E-state index contributed by atoms with van der Waals surface area (Å²) in [5.74, 6) is -0.858. The Morgan fingerprint density at radius 2 is 1.88 bits per heavy atom. The molecule has 16 heavy (non-hydrogen) atoms. The second-order valence-corrected chi connectivity index (χ2v) is 4.38. The van der Waals surface area contributed by atoms with E-state index in [0.717, 1.165) is 25.0 Å². The SMILES string of the molecule is CC1(Nc2ccc(C(F)(F)F)cc2F)CC1. The highest BCUT2D eigenvalue weighted by Crippen LogP contribution is 2.39. The monoisotopic (exact) mass is 233 g/mol. The van der Waals surface area contributed by atoms with E-state index in [1.807, 2.05) is 6.92 Å². The predicted octanol–water partition coefficient (Wildman–Crippen LogP) is 3.81. The average Bonchev–Trinajstić information content (AvgIpc) is 2.86. The first-order valence-corrected chi connectivity index (χ1v) is 4.95. The first-order valence-electron chi connectivity index (χ1n) is 4.95. The van der Waals surface area contributed by atoms with E-state index in [-0.39, 0.29) is 11.2 Å². The number of hydrogen-bond acceptors (Lipinski definition) is 1. The van der Waals surface area contributed by atoms with Gasteiger partial charge in [0, 0.05) is 5.54 Å². The van der Waals surface area contributed by atoms with Crippen molar-refractivity contribution >= 4 is 5.69 Å². The van der Waals surface area contributed by atoms with Gasteiger partial charge in [0.15, 0.2) is 0 Å². The normalized spacial score (nSPS) is 18.3. The lowest BCUT2D eigenvalue weighted by Crippen LogP contribution is -2.17. The van der Waals surface area contributed by atoms with Crippen LogP contribution in [-0.2, 0) is 6.18 Å². The van der Waals surface area contributed by atoms with Crippen molar-refractivity contribution < 1.29 is 17.6 Å². The fraction of sp³-hybridized carbons (Fsp3) is 0.455. The maximum Gasteiger partial charge on any atom is 0.416 e. The molecule has 1 fully saturated rings. The van der Waals surface area contributed by atoms with Gasteiger partial charge in [-0.3, -0.25) is 0 Å². The smallest absolute Gasteiger partial charge is 0.378 e. The summed E-state index contributed by atoms with van der Waals surface area (Å²) in [5, 5.41) is 2.90. The van der Waals surface area contributed by atoms with E-state index in [0.29, 0.717) is 6.07 Å². The van der Waals surface area contributed by atoms with E-state index in [4.69, 9.17) is 0 Å². The van der Waals surface area contributed by atoms with Gasteiger partial charge in [-0.2, -0.15) is 13.2 Å². The molecule has 0 saturated heterocycles. The Labute approximate surface area is 90.5 Å². The molecular formula is C11H11F4N. The van der Waals surface area contributed by atoms with Crippen LogP contribution in [0.5, 0.6) is 0 Å². The summed E-state index contributed by atoms with van der Waals surface area (Å²) >= 11 is 0. The molecule has 5 heteroatoms. The number of alkyl halides is 3. The second-order valence-electron chi connectivity index (χ2n) is 4.38. The Morgan fingerprint density at radius 3 is 2.31 bits per heavy atom. The van der Waals surface area contributed by atoms with E-state index in [1.54, 1.807) is 0 Å². The predicted molar refractivity (Wildman–Crippen MR) is 52.7 cm³/mol. The summed E-state index contributed by atoms with van der Waals surface area (Å²) in [4.78, 5) is 0. The molecule has 88 valence electrons. The molecule has 0 spiro atoms. The molecule has 0 amide bonds. The summed E-state index contributed by atoms with van der Waals surface area (Å²) in [6.45, 7) is 1.91. The lowest BCUT2D eigenvalue weighted by atomic mass is 10.1.